The van der Waals surface area contributed by atoms with Crippen molar-refractivity contribution in [3.05, 3.63) is 131 Å². The molecule has 0 radical (unpaired) electrons. The molecule has 2 aromatic heterocycles. The van der Waals surface area contributed by atoms with Crippen molar-refractivity contribution in [1.29, 1.82) is 0 Å². The van der Waals surface area contributed by atoms with E-state index in [1.807, 2.05) is 76.2 Å². The lowest BCUT2D eigenvalue weighted by Gasteiger charge is -2.19. The Morgan fingerprint density at radius 1 is 0.610 bits per heavy atom. The molecule has 0 fully saturated rings. The second-order valence-corrected chi connectivity index (χ2v) is 13.6. The first-order valence-electron chi connectivity index (χ1n) is 19.0. The lowest BCUT2D eigenvalue weighted by Crippen LogP contribution is -2.22. The van der Waals surface area contributed by atoms with E-state index in [4.69, 9.17) is 9.47 Å². The number of nitrogens with zero attached hydrogens (tertiary/aromatic N) is 6. The molecule has 2 aliphatic rings. The van der Waals surface area contributed by atoms with E-state index in [2.05, 4.69) is 19.9 Å². The first kappa shape index (κ1) is 39.9. The highest BCUT2D eigenvalue weighted by molar-refractivity contribution is 6.11. The van der Waals surface area contributed by atoms with Gasteiger partial charge in [0.15, 0.2) is 17.3 Å². The second-order valence-electron chi connectivity index (χ2n) is 13.6. The molecule has 2 aliphatic heterocycles. The van der Waals surface area contributed by atoms with Crippen molar-refractivity contribution < 1.29 is 38.9 Å². The fourth-order valence-corrected chi connectivity index (χ4v) is 6.94. The number of ketones is 1. The molecule has 14 nitrogen and oxygen atoms in total. The average molecular weight is 793 g/mol. The third-order valence-corrected chi connectivity index (χ3v) is 9.72. The maximum absolute atomic E-state index is 12.9. The Kier molecular flexibility index (Phi) is 11.5. The zero-order chi connectivity index (χ0) is 41.8. The van der Waals surface area contributed by atoms with Crippen LogP contribution in [0.15, 0.2) is 97.1 Å². The van der Waals surface area contributed by atoms with Crippen molar-refractivity contribution in [1.82, 2.24) is 19.9 Å². The Balaban J connectivity index is 0.000000179. The van der Waals surface area contributed by atoms with Crippen LogP contribution in [-0.2, 0) is 22.4 Å². The van der Waals surface area contributed by atoms with Crippen molar-refractivity contribution >= 4 is 46.6 Å². The summed E-state index contributed by atoms with van der Waals surface area (Å²) in [5, 5.41) is 19.1. The number of aliphatic hydroxyl groups is 1. The number of para-hydroxylation sites is 2. The van der Waals surface area contributed by atoms with Crippen LogP contribution in [0.3, 0.4) is 0 Å². The molecule has 8 rings (SSSR count). The molecule has 298 valence electrons. The van der Waals surface area contributed by atoms with Gasteiger partial charge >= 0.3 is 5.97 Å². The number of carboxylic acid groups (broad SMARTS) is 1. The first-order valence-corrected chi connectivity index (χ1v) is 19.0. The third-order valence-electron chi connectivity index (χ3n) is 9.72. The largest absolute Gasteiger partial charge is 0.494 e. The zero-order valence-electron chi connectivity index (χ0n) is 32.8. The van der Waals surface area contributed by atoms with E-state index in [0.717, 1.165) is 11.1 Å². The van der Waals surface area contributed by atoms with Gasteiger partial charge in [-0.3, -0.25) is 24.2 Å². The SMILES string of the molecule is CCOc1ccc(-c2nc(C(=O)CO)c3c(n2)N(c2ccccc2C)C(=O)C3)cc1.CCOc1ccc(-c2nc(C(=O)O)c3c(n2)N(c2ccccc2C)C(=O)C3)cc1. The molecule has 4 aromatic carbocycles. The van der Waals surface area contributed by atoms with E-state index in [0.29, 0.717) is 75.8 Å². The Bertz CT molecular complexity index is 2590. The molecular weight excluding hydrogens is 753 g/mol. The lowest BCUT2D eigenvalue weighted by molar-refractivity contribution is -0.117. The number of hydrogen-bond donors (Lipinski definition) is 2. The highest BCUT2D eigenvalue weighted by atomic mass is 16.5. The smallest absolute Gasteiger partial charge is 0.355 e. The monoisotopic (exact) mass is 792 g/mol. The van der Waals surface area contributed by atoms with E-state index >= 15 is 0 Å². The Morgan fingerprint density at radius 2 is 1.02 bits per heavy atom. The van der Waals surface area contributed by atoms with Crippen LogP contribution in [0.25, 0.3) is 22.8 Å². The summed E-state index contributed by atoms with van der Waals surface area (Å²) in [4.78, 5) is 70.8. The van der Waals surface area contributed by atoms with Crippen LogP contribution in [0, 0.1) is 13.8 Å². The summed E-state index contributed by atoms with van der Waals surface area (Å²) in [5.74, 6) is 0.526. The van der Waals surface area contributed by atoms with E-state index < -0.39 is 18.4 Å². The highest BCUT2D eigenvalue weighted by Crippen LogP contribution is 2.40. The highest BCUT2D eigenvalue weighted by Gasteiger charge is 2.37. The molecule has 0 aliphatic carbocycles. The van der Waals surface area contributed by atoms with Gasteiger partial charge in [-0.2, -0.15) is 0 Å². The van der Waals surface area contributed by atoms with Gasteiger partial charge in [0.25, 0.3) is 0 Å². The number of aliphatic hydroxyl groups excluding tert-OH is 1. The van der Waals surface area contributed by atoms with Crippen LogP contribution in [-0.4, -0.2) is 73.5 Å². The number of anilines is 4. The van der Waals surface area contributed by atoms with Crippen molar-refractivity contribution in [3.63, 3.8) is 0 Å². The second kappa shape index (κ2) is 17.0. The number of aryl methyl sites for hydroxylation is 2. The fourth-order valence-electron chi connectivity index (χ4n) is 6.94. The number of aromatic nitrogens is 4. The number of carboxylic acids is 1. The summed E-state index contributed by atoms with van der Waals surface area (Å²) < 4.78 is 10.9. The number of carbonyl (C=O) groups excluding carboxylic acids is 3. The summed E-state index contributed by atoms with van der Waals surface area (Å²) in [6.07, 6.45) is -0.0385. The van der Waals surface area contributed by atoms with Gasteiger partial charge < -0.3 is 19.7 Å². The first-order chi connectivity index (χ1) is 28.5. The lowest BCUT2D eigenvalue weighted by atomic mass is 10.1. The van der Waals surface area contributed by atoms with Crippen molar-refractivity contribution in [2.24, 2.45) is 0 Å². The maximum atomic E-state index is 12.9. The number of aromatic carboxylic acids is 1. The van der Waals surface area contributed by atoms with Gasteiger partial charge in [-0.05, 0) is 99.5 Å². The molecule has 2 N–H and O–H groups in total. The maximum Gasteiger partial charge on any atom is 0.355 e. The molecule has 59 heavy (non-hydrogen) atoms. The summed E-state index contributed by atoms with van der Waals surface area (Å²) in [6.45, 7) is 8.02. The minimum Gasteiger partial charge on any atom is -0.494 e. The van der Waals surface area contributed by atoms with Crippen LogP contribution in [0.4, 0.5) is 23.0 Å². The summed E-state index contributed by atoms with van der Waals surface area (Å²) in [6, 6.07) is 29.2. The number of hydrogen-bond acceptors (Lipinski definition) is 11. The number of amides is 2. The molecule has 6 aromatic rings. The Hall–Kier alpha value is -7.32. The van der Waals surface area contributed by atoms with Gasteiger partial charge in [0.2, 0.25) is 17.6 Å². The van der Waals surface area contributed by atoms with Crippen LogP contribution in [0.2, 0.25) is 0 Å². The molecule has 0 saturated carbocycles. The minimum absolute atomic E-state index is 0.00823. The molecule has 2 amide bonds. The minimum atomic E-state index is -1.18. The zero-order valence-corrected chi connectivity index (χ0v) is 32.8. The third kappa shape index (κ3) is 7.98. The number of carbonyl (C=O) groups is 4. The standard InChI is InChI=1S/C23H21N3O4.C22H19N3O4/c1-3-30-16-10-8-15(9-11-16)22-24-21(19(28)13-27)17-12-20(29)26(23(17)25-22)18-7-5-4-6-14(18)2;1-3-29-15-10-8-14(9-11-15)20-23-19(22(27)28)16-12-18(26)25(21(16)24-20)17-7-5-4-6-13(17)2/h4-11,27H,3,12-13H2,1-2H3;4-11H,3,12H2,1-2H3,(H,27,28). The van der Waals surface area contributed by atoms with E-state index in [1.165, 1.54) is 9.80 Å². The van der Waals surface area contributed by atoms with Gasteiger partial charge in [0.05, 0.1) is 37.4 Å². The summed E-state index contributed by atoms with van der Waals surface area (Å²) in [7, 11) is 0. The predicted molar refractivity (Wildman–Crippen MR) is 220 cm³/mol. The van der Waals surface area contributed by atoms with Crippen LogP contribution in [0.5, 0.6) is 11.5 Å². The number of ether oxygens (including phenoxy) is 2. The molecule has 0 bridgehead atoms. The van der Waals surface area contributed by atoms with Crippen molar-refractivity contribution in [3.8, 4) is 34.3 Å². The van der Waals surface area contributed by atoms with Crippen LogP contribution < -0.4 is 19.3 Å². The Labute approximate surface area is 339 Å². The quantitative estimate of drug-likeness (QED) is 0.128. The predicted octanol–water partition coefficient (Wildman–Crippen LogP) is 7.02. The van der Waals surface area contributed by atoms with Crippen LogP contribution >= 0.6 is 0 Å². The molecule has 0 atom stereocenters. The van der Waals surface area contributed by atoms with Gasteiger partial charge in [0.1, 0.15) is 35.4 Å². The average Bonchev–Trinajstić information content (AvgIpc) is 3.75. The van der Waals surface area contributed by atoms with E-state index in [1.54, 1.807) is 48.5 Å². The molecule has 4 heterocycles. The molecule has 0 spiro atoms. The van der Waals surface area contributed by atoms with E-state index in [-0.39, 0.29) is 41.9 Å². The molecule has 0 saturated heterocycles. The number of fused-ring (bicyclic) bond motifs is 2. The van der Waals surface area contributed by atoms with Crippen molar-refractivity contribution in [2.45, 2.75) is 40.5 Å². The summed E-state index contributed by atoms with van der Waals surface area (Å²) >= 11 is 0. The fraction of sp³-hybridized carbons (Fsp3) is 0.200. The van der Waals surface area contributed by atoms with Gasteiger partial charge in [-0.1, -0.05) is 36.4 Å². The molecule has 0 unspecified atom stereocenters. The molecular formula is C45H40N6O8. The normalized spacial score (nSPS) is 12.8. The number of rotatable bonds is 11. The number of benzene rings is 4. The Morgan fingerprint density at radius 3 is 1.41 bits per heavy atom. The number of Topliss-reactive ketones (excluding diaryl/α,β-unsaturated/α-hetero) is 1. The topological polar surface area (TPSA) is 185 Å². The van der Waals surface area contributed by atoms with Gasteiger partial charge in [-0.25, -0.2) is 24.7 Å². The van der Waals surface area contributed by atoms with Crippen molar-refractivity contribution in [2.75, 3.05) is 29.6 Å². The summed E-state index contributed by atoms with van der Waals surface area (Å²) in [5.41, 5.74) is 5.22. The van der Waals surface area contributed by atoms with E-state index in [9.17, 15) is 29.4 Å². The van der Waals surface area contributed by atoms with Crippen LogP contribution in [0.1, 0.15) is 57.1 Å². The molecule has 14 heteroatoms. The van der Waals surface area contributed by atoms with Gasteiger partial charge in [-0.15, -0.1) is 0 Å². The van der Waals surface area contributed by atoms with Gasteiger partial charge in [0, 0.05) is 22.3 Å².